The van der Waals surface area contributed by atoms with Crippen LogP contribution < -0.4 is 10.5 Å². The molecule has 2 aromatic carbocycles. The fourth-order valence-corrected chi connectivity index (χ4v) is 4.05. The summed E-state index contributed by atoms with van der Waals surface area (Å²) in [7, 11) is 0. The number of rotatable bonds is 6. The Morgan fingerprint density at radius 1 is 1.00 bits per heavy atom. The van der Waals surface area contributed by atoms with Crippen LogP contribution in [0.1, 0.15) is 42.1 Å². The molecule has 0 unspecified atom stereocenters. The minimum atomic E-state index is 0.0696. The molecule has 0 fully saturated rings. The van der Waals surface area contributed by atoms with Crippen molar-refractivity contribution >= 4 is 11.6 Å². The maximum atomic E-state index is 13.6. The third-order valence-electron chi connectivity index (χ3n) is 5.74. The van der Waals surface area contributed by atoms with Crippen LogP contribution in [0.15, 0.2) is 59.4 Å². The van der Waals surface area contributed by atoms with Crippen molar-refractivity contribution in [2.45, 2.75) is 46.7 Å². The van der Waals surface area contributed by atoms with Crippen molar-refractivity contribution < 1.29 is 0 Å². The zero-order valence-corrected chi connectivity index (χ0v) is 18.1. The van der Waals surface area contributed by atoms with Crippen molar-refractivity contribution in [3.63, 3.8) is 0 Å². The first-order valence-corrected chi connectivity index (χ1v) is 10.8. The maximum Gasteiger partial charge on any atom is 0.259 e. The lowest BCUT2D eigenvalue weighted by molar-refractivity contribution is 0.195. The topological polar surface area (TPSA) is 41.4 Å². The van der Waals surface area contributed by atoms with Gasteiger partial charge in [0.05, 0.1) is 19.0 Å². The van der Waals surface area contributed by atoms with Gasteiger partial charge in [0.2, 0.25) is 5.95 Å². The summed E-state index contributed by atoms with van der Waals surface area (Å²) in [5, 5.41) is 0. The van der Waals surface area contributed by atoms with Crippen molar-refractivity contribution in [2.75, 3.05) is 18.1 Å². The van der Waals surface area contributed by atoms with E-state index in [2.05, 4.69) is 60.0 Å². The Labute approximate surface area is 178 Å². The Morgan fingerprint density at radius 3 is 2.53 bits per heavy atom. The lowest BCUT2D eigenvalue weighted by Gasteiger charge is -2.38. The van der Waals surface area contributed by atoms with Crippen molar-refractivity contribution in [3.05, 3.63) is 87.3 Å². The molecule has 5 nitrogen and oxygen atoms in total. The van der Waals surface area contributed by atoms with E-state index in [1.165, 1.54) is 5.56 Å². The van der Waals surface area contributed by atoms with Gasteiger partial charge in [-0.2, -0.15) is 0 Å². The van der Waals surface area contributed by atoms with Crippen LogP contribution in [-0.4, -0.2) is 27.7 Å². The van der Waals surface area contributed by atoms with Crippen molar-refractivity contribution in [2.24, 2.45) is 0 Å². The fraction of sp³-hybridized carbons (Fsp3) is 0.360. The summed E-state index contributed by atoms with van der Waals surface area (Å²) >= 11 is 0. The van der Waals surface area contributed by atoms with E-state index in [1.807, 2.05) is 29.7 Å². The highest BCUT2D eigenvalue weighted by Gasteiger charge is 2.27. The minimum absolute atomic E-state index is 0.0696. The first-order chi connectivity index (χ1) is 14.6. The van der Waals surface area contributed by atoms with Gasteiger partial charge in [-0.15, -0.1) is 0 Å². The number of aromatic nitrogens is 2. The molecule has 0 saturated heterocycles. The van der Waals surface area contributed by atoms with E-state index in [-0.39, 0.29) is 5.56 Å². The predicted octanol–water partition coefficient (Wildman–Crippen LogP) is 4.62. The average Bonchev–Trinajstić information content (AvgIpc) is 2.76. The highest BCUT2D eigenvalue weighted by molar-refractivity contribution is 5.59. The Hall–Kier alpha value is -2.92. The van der Waals surface area contributed by atoms with Gasteiger partial charge in [-0.05, 0) is 43.5 Å². The monoisotopic (exact) mass is 402 g/mol. The van der Waals surface area contributed by atoms with E-state index >= 15 is 0 Å². The number of unbranched alkanes of at least 4 members (excludes halogenated alkanes) is 1. The molecule has 0 atom stereocenters. The molecule has 0 aliphatic carbocycles. The van der Waals surface area contributed by atoms with E-state index in [0.29, 0.717) is 13.1 Å². The van der Waals surface area contributed by atoms with Gasteiger partial charge in [-0.25, -0.2) is 4.98 Å². The zero-order valence-electron chi connectivity index (χ0n) is 18.1. The van der Waals surface area contributed by atoms with Crippen LogP contribution in [0, 0.1) is 13.8 Å². The highest BCUT2D eigenvalue weighted by Crippen LogP contribution is 2.28. The molecule has 1 aromatic heterocycles. The molecule has 0 radical (unpaired) electrons. The fourth-order valence-electron chi connectivity index (χ4n) is 4.05. The lowest BCUT2D eigenvalue weighted by Crippen LogP contribution is -2.48. The third-order valence-corrected chi connectivity index (χ3v) is 5.74. The molecule has 0 saturated carbocycles. The number of benzene rings is 2. The summed E-state index contributed by atoms with van der Waals surface area (Å²) in [6, 6.07) is 18.6. The molecule has 1 aliphatic rings. The van der Waals surface area contributed by atoms with Crippen LogP contribution in [0.2, 0.25) is 0 Å². The van der Waals surface area contributed by atoms with E-state index in [4.69, 9.17) is 4.98 Å². The number of anilines is 2. The second kappa shape index (κ2) is 8.84. The smallest absolute Gasteiger partial charge is 0.259 e. The molecule has 156 valence electrons. The Balaban J connectivity index is 1.79. The molecule has 0 N–H and O–H groups in total. The first-order valence-electron chi connectivity index (χ1n) is 10.8. The van der Waals surface area contributed by atoms with Gasteiger partial charge in [0.15, 0.2) is 0 Å². The zero-order chi connectivity index (χ0) is 21.1. The summed E-state index contributed by atoms with van der Waals surface area (Å²) in [6.45, 7) is 8.55. The van der Waals surface area contributed by atoms with Crippen LogP contribution in [0.4, 0.5) is 11.6 Å². The molecule has 30 heavy (non-hydrogen) atoms. The average molecular weight is 403 g/mol. The second-order valence-corrected chi connectivity index (χ2v) is 8.17. The van der Waals surface area contributed by atoms with Crippen LogP contribution in [0.3, 0.4) is 0 Å². The van der Waals surface area contributed by atoms with Crippen LogP contribution in [0.25, 0.3) is 0 Å². The van der Waals surface area contributed by atoms with Crippen LogP contribution >= 0.6 is 0 Å². The van der Waals surface area contributed by atoms with Crippen LogP contribution in [0.5, 0.6) is 0 Å². The Kier molecular flexibility index (Phi) is 6.00. The normalized spacial score (nSPS) is 14.0. The molecule has 4 rings (SSSR count). The lowest BCUT2D eigenvalue weighted by atomic mass is 10.1. The van der Waals surface area contributed by atoms with Gasteiger partial charge in [-0.3, -0.25) is 19.2 Å². The third kappa shape index (κ3) is 4.17. The number of nitrogens with zero attached hydrogens (tertiary/aromatic N) is 4. The van der Waals surface area contributed by atoms with Gasteiger partial charge >= 0.3 is 0 Å². The van der Waals surface area contributed by atoms with E-state index in [9.17, 15) is 4.79 Å². The largest absolute Gasteiger partial charge is 0.298 e. The molecule has 5 heteroatoms. The highest BCUT2D eigenvalue weighted by atomic mass is 16.1. The quantitative estimate of drug-likeness (QED) is 0.603. The molecule has 2 heterocycles. The summed E-state index contributed by atoms with van der Waals surface area (Å²) < 4.78 is 1.85. The SMILES string of the molecule is CCCCN1CN(c2cccc(C)c2)c2nc(C)c(Cc3ccccc3)c(=O)n2C1. The molecule has 0 amide bonds. The van der Waals surface area contributed by atoms with Gasteiger partial charge in [-0.1, -0.05) is 55.8 Å². The van der Waals surface area contributed by atoms with E-state index < -0.39 is 0 Å². The van der Waals surface area contributed by atoms with Gasteiger partial charge < -0.3 is 0 Å². The first kappa shape index (κ1) is 20.4. The summed E-state index contributed by atoms with van der Waals surface area (Å²) in [5.74, 6) is 0.743. The molecular formula is C25H30N4O. The summed E-state index contributed by atoms with van der Waals surface area (Å²) in [5.41, 5.74) is 5.08. The molecule has 1 aliphatic heterocycles. The van der Waals surface area contributed by atoms with Crippen molar-refractivity contribution in [1.29, 1.82) is 0 Å². The standard InChI is InChI=1S/C25H30N4O/c1-4-5-14-27-17-28(22-13-9-10-19(2)15-22)25-26-20(3)23(24(30)29(25)18-27)16-21-11-7-6-8-12-21/h6-13,15H,4-5,14,16-18H2,1-3H3. The predicted molar refractivity (Wildman–Crippen MR) is 122 cm³/mol. The van der Waals surface area contributed by atoms with Crippen molar-refractivity contribution in [1.82, 2.24) is 14.5 Å². The molecule has 3 aromatic rings. The Bertz CT molecular complexity index is 1070. The number of hydrogen-bond donors (Lipinski definition) is 0. The summed E-state index contributed by atoms with van der Waals surface area (Å²) in [6.07, 6.45) is 2.86. The minimum Gasteiger partial charge on any atom is -0.298 e. The van der Waals surface area contributed by atoms with E-state index in [0.717, 1.165) is 54.5 Å². The summed E-state index contributed by atoms with van der Waals surface area (Å²) in [4.78, 5) is 23.0. The molecule has 0 spiro atoms. The second-order valence-electron chi connectivity index (χ2n) is 8.17. The molecule has 0 bridgehead atoms. The van der Waals surface area contributed by atoms with E-state index in [1.54, 1.807) is 0 Å². The maximum absolute atomic E-state index is 13.6. The number of aryl methyl sites for hydroxylation is 2. The van der Waals surface area contributed by atoms with Gasteiger partial charge in [0, 0.05) is 24.2 Å². The molecular weight excluding hydrogens is 372 g/mol. The Morgan fingerprint density at radius 2 is 1.80 bits per heavy atom. The van der Waals surface area contributed by atoms with Gasteiger partial charge in [0.1, 0.15) is 0 Å². The number of fused-ring (bicyclic) bond motifs is 1. The van der Waals surface area contributed by atoms with Gasteiger partial charge in [0.25, 0.3) is 5.56 Å². The van der Waals surface area contributed by atoms with Crippen LogP contribution in [-0.2, 0) is 13.1 Å². The van der Waals surface area contributed by atoms with Crippen molar-refractivity contribution in [3.8, 4) is 0 Å². The number of hydrogen-bond acceptors (Lipinski definition) is 4.